The van der Waals surface area contributed by atoms with Crippen molar-refractivity contribution in [2.75, 3.05) is 6.61 Å². The quantitative estimate of drug-likeness (QED) is 0.0972. The van der Waals surface area contributed by atoms with E-state index in [-0.39, 0.29) is 54.3 Å². The Morgan fingerprint density at radius 1 is 1.16 bits per heavy atom. The second-order valence-electron chi connectivity index (χ2n) is 10.8. The average Bonchev–Trinajstić information content (AvgIpc) is 3.59. The number of carbonyl (C=O) groups excluding carboxylic acids is 3. The Kier molecular flexibility index (Phi) is 10.7. The standard InChI is InChI=1S/C28H42N2O8/c1-17(6-9-22-14-28(16-35-28)15-23(38-22)13-27(33)30-34)7-10-25-18(2)12-24(20(4)37-25)29-26(32)11-8-19(3)36-21(5)31/h6-9,11,18-20,22-25,34H,10,12-16H2,1-5H3,(H,29,32)(H,30,33)/t18-,19-,20+,22+,23+,24+,25-,28-/m0/s1. The highest BCUT2D eigenvalue weighted by atomic mass is 16.6. The van der Waals surface area contributed by atoms with E-state index >= 15 is 0 Å². The minimum atomic E-state index is -0.465. The van der Waals surface area contributed by atoms with E-state index in [0.29, 0.717) is 13.0 Å². The van der Waals surface area contributed by atoms with Crippen molar-refractivity contribution in [3.8, 4) is 0 Å². The van der Waals surface area contributed by atoms with E-state index in [1.54, 1.807) is 18.5 Å². The summed E-state index contributed by atoms with van der Waals surface area (Å²) in [5.41, 5.74) is 2.54. The van der Waals surface area contributed by atoms with Crippen LogP contribution in [-0.2, 0) is 33.3 Å². The molecule has 0 aliphatic carbocycles. The molecule has 3 aliphatic heterocycles. The molecule has 3 rings (SSSR count). The Hall–Kier alpha value is -2.53. The van der Waals surface area contributed by atoms with Gasteiger partial charge in [0.2, 0.25) is 11.8 Å². The Balaban J connectivity index is 1.47. The highest BCUT2D eigenvalue weighted by Crippen LogP contribution is 2.43. The molecule has 10 nitrogen and oxygen atoms in total. The molecule has 0 aromatic heterocycles. The lowest BCUT2D eigenvalue weighted by Crippen LogP contribution is -2.50. The van der Waals surface area contributed by atoms with E-state index in [2.05, 4.69) is 18.3 Å². The smallest absolute Gasteiger partial charge is 0.303 e. The molecule has 3 N–H and O–H groups in total. The lowest BCUT2D eigenvalue weighted by Gasteiger charge is -2.39. The molecular weight excluding hydrogens is 492 g/mol. The lowest BCUT2D eigenvalue weighted by molar-refractivity contribution is -0.143. The number of nitrogens with one attached hydrogen (secondary N) is 2. The van der Waals surface area contributed by atoms with Crippen LogP contribution in [-0.4, -0.2) is 71.8 Å². The summed E-state index contributed by atoms with van der Waals surface area (Å²) in [6.07, 6.45) is 11.2. The van der Waals surface area contributed by atoms with Gasteiger partial charge < -0.3 is 24.3 Å². The third-order valence-corrected chi connectivity index (χ3v) is 7.29. The van der Waals surface area contributed by atoms with Crippen LogP contribution >= 0.6 is 0 Å². The summed E-state index contributed by atoms with van der Waals surface area (Å²) in [4.78, 5) is 34.9. The lowest BCUT2D eigenvalue weighted by atomic mass is 9.88. The van der Waals surface area contributed by atoms with Gasteiger partial charge in [-0.2, -0.15) is 0 Å². The van der Waals surface area contributed by atoms with Gasteiger partial charge in [0.1, 0.15) is 6.10 Å². The van der Waals surface area contributed by atoms with Crippen LogP contribution in [0.5, 0.6) is 0 Å². The van der Waals surface area contributed by atoms with Crippen LogP contribution in [0.4, 0.5) is 0 Å². The van der Waals surface area contributed by atoms with Gasteiger partial charge in [0.05, 0.1) is 49.1 Å². The Labute approximate surface area is 224 Å². The van der Waals surface area contributed by atoms with Gasteiger partial charge in [-0.05, 0) is 45.6 Å². The first-order valence-corrected chi connectivity index (χ1v) is 13.4. The summed E-state index contributed by atoms with van der Waals surface area (Å²) in [5.74, 6) is -0.841. The van der Waals surface area contributed by atoms with Crippen LogP contribution in [0, 0.1) is 5.92 Å². The number of hydrogen-bond donors (Lipinski definition) is 3. The minimum Gasteiger partial charge on any atom is -0.459 e. The highest BCUT2D eigenvalue weighted by Gasteiger charge is 2.51. The van der Waals surface area contributed by atoms with Crippen molar-refractivity contribution in [1.29, 1.82) is 0 Å². The van der Waals surface area contributed by atoms with Crippen molar-refractivity contribution >= 4 is 17.8 Å². The van der Waals surface area contributed by atoms with Gasteiger partial charge in [0, 0.05) is 25.8 Å². The molecule has 3 fully saturated rings. The number of hydrogen-bond acceptors (Lipinski definition) is 8. The van der Waals surface area contributed by atoms with Crippen molar-refractivity contribution in [2.24, 2.45) is 5.92 Å². The van der Waals surface area contributed by atoms with E-state index in [0.717, 1.165) is 24.8 Å². The average molecular weight is 535 g/mol. The highest BCUT2D eigenvalue weighted by molar-refractivity contribution is 5.87. The SMILES string of the molecule is CC(=O)O[C@@H](C)C=CC(=O)N[C@@H]1C[C@H](C)[C@H](CC=C(C)C=C[C@@H]2C[C@@]3(CO3)C[C@@H](CC(=O)NO)O2)O[C@@H]1C. The molecule has 0 saturated carbocycles. The van der Waals surface area contributed by atoms with E-state index in [1.807, 2.05) is 26.0 Å². The van der Waals surface area contributed by atoms with Crippen LogP contribution in [0.3, 0.4) is 0 Å². The summed E-state index contributed by atoms with van der Waals surface area (Å²) in [5, 5.41) is 11.8. The molecule has 1 spiro atoms. The third-order valence-electron chi connectivity index (χ3n) is 7.29. The Morgan fingerprint density at radius 2 is 1.89 bits per heavy atom. The second-order valence-corrected chi connectivity index (χ2v) is 10.8. The molecular formula is C28H42N2O8. The summed E-state index contributed by atoms with van der Waals surface area (Å²) < 4.78 is 23.0. The third kappa shape index (κ3) is 9.34. The first-order chi connectivity index (χ1) is 18.0. The van der Waals surface area contributed by atoms with Gasteiger partial charge in [-0.25, -0.2) is 5.48 Å². The van der Waals surface area contributed by atoms with E-state index in [4.69, 9.17) is 24.2 Å². The number of esters is 1. The van der Waals surface area contributed by atoms with E-state index < -0.39 is 18.0 Å². The van der Waals surface area contributed by atoms with Crippen molar-refractivity contribution in [3.05, 3.63) is 36.0 Å². The zero-order chi connectivity index (χ0) is 27.9. The zero-order valence-corrected chi connectivity index (χ0v) is 23.0. The largest absolute Gasteiger partial charge is 0.459 e. The molecule has 0 aromatic rings. The summed E-state index contributed by atoms with van der Waals surface area (Å²) in [6.45, 7) is 9.83. The van der Waals surface area contributed by atoms with Crippen LogP contribution in [0.25, 0.3) is 0 Å². The van der Waals surface area contributed by atoms with Crippen LogP contribution in [0.1, 0.15) is 66.7 Å². The molecule has 3 aliphatic rings. The maximum absolute atomic E-state index is 12.3. The number of amides is 2. The topological polar surface area (TPSA) is 136 Å². The molecule has 3 heterocycles. The molecule has 0 bridgehead atoms. The van der Waals surface area contributed by atoms with Gasteiger partial charge in [-0.1, -0.05) is 30.7 Å². The number of allylic oxidation sites excluding steroid dienone is 2. The van der Waals surface area contributed by atoms with E-state index in [9.17, 15) is 14.4 Å². The number of carbonyl (C=O) groups is 3. The molecule has 2 amide bonds. The Bertz CT molecular complexity index is 941. The minimum absolute atomic E-state index is 0.0384. The van der Waals surface area contributed by atoms with Crippen molar-refractivity contribution in [2.45, 2.75) is 109 Å². The maximum Gasteiger partial charge on any atom is 0.303 e. The molecule has 0 radical (unpaired) electrons. The fourth-order valence-electron chi connectivity index (χ4n) is 5.13. The fraction of sp³-hybridized carbons (Fsp3) is 0.679. The summed E-state index contributed by atoms with van der Waals surface area (Å²) >= 11 is 0. The van der Waals surface area contributed by atoms with Crippen molar-refractivity contribution < 1.29 is 38.5 Å². The van der Waals surface area contributed by atoms with Crippen molar-refractivity contribution in [3.63, 3.8) is 0 Å². The number of epoxide rings is 1. The molecule has 212 valence electrons. The number of ether oxygens (including phenoxy) is 4. The van der Waals surface area contributed by atoms with Gasteiger partial charge in [-0.15, -0.1) is 0 Å². The number of rotatable bonds is 10. The molecule has 10 heteroatoms. The molecule has 38 heavy (non-hydrogen) atoms. The summed E-state index contributed by atoms with van der Waals surface area (Å²) in [7, 11) is 0. The predicted molar refractivity (Wildman–Crippen MR) is 139 cm³/mol. The first-order valence-electron chi connectivity index (χ1n) is 13.4. The molecule has 0 aromatic carbocycles. The fourth-order valence-corrected chi connectivity index (χ4v) is 5.13. The van der Waals surface area contributed by atoms with Gasteiger partial charge in [0.25, 0.3) is 0 Å². The maximum atomic E-state index is 12.3. The molecule has 0 unspecified atom stereocenters. The van der Waals surface area contributed by atoms with E-state index in [1.165, 1.54) is 13.0 Å². The molecule has 3 saturated heterocycles. The Morgan fingerprint density at radius 3 is 2.55 bits per heavy atom. The second kappa shape index (κ2) is 13.5. The van der Waals surface area contributed by atoms with Crippen molar-refractivity contribution in [1.82, 2.24) is 10.8 Å². The molecule has 8 atom stereocenters. The van der Waals surface area contributed by atoms with Gasteiger partial charge >= 0.3 is 5.97 Å². The monoisotopic (exact) mass is 534 g/mol. The van der Waals surface area contributed by atoms with Crippen LogP contribution in [0.2, 0.25) is 0 Å². The van der Waals surface area contributed by atoms with Gasteiger partial charge in [0.15, 0.2) is 0 Å². The first kappa shape index (κ1) is 30.0. The summed E-state index contributed by atoms with van der Waals surface area (Å²) in [6, 6.07) is -0.103. The normalized spacial score (nSPS) is 34.3. The van der Waals surface area contributed by atoms with Crippen LogP contribution < -0.4 is 10.8 Å². The van der Waals surface area contributed by atoms with Crippen LogP contribution in [0.15, 0.2) is 36.0 Å². The zero-order valence-electron chi connectivity index (χ0n) is 23.0. The predicted octanol–water partition coefficient (Wildman–Crippen LogP) is 2.90. The number of hydroxylamine groups is 1. The van der Waals surface area contributed by atoms with Gasteiger partial charge in [-0.3, -0.25) is 19.6 Å².